The van der Waals surface area contributed by atoms with Crippen molar-refractivity contribution in [2.75, 3.05) is 25.1 Å². The monoisotopic (exact) mass is 380 g/mol. The van der Waals surface area contributed by atoms with Crippen molar-refractivity contribution in [2.24, 2.45) is 0 Å². The van der Waals surface area contributed by atoms with E-state index in [4.69, 9.17) is 4.74 Å². The number of para-hydroxylation sites is 1. The predicted molar refractivity (Wildman–Crippen MR) is 110 cm³/mol. The molecular weight excluding hydrogens is 356 g/mol. The molecule has 1 aliphatic heterocycles. The third-order valence-corrected chi connectivity index (χ3v) is 5.80. The van der Waals surface area contributed by atoms with Gasteiger partial charge in [-0.2, -0.15) is 0 Å². The van der Waals surface area contributed by atoms with Gasteiger partial charge in [-0.25, -0.2) is 0 Å². The summed E-state index contributed by atoms with van der Waals surface area (Å²) in [6.07, 6.45) is 3.74. The molecule has 1 fully saturated rings. The lowest BCUT2D eigenvalue weighted by molar-refractivity contribution is 0.414. The van der Waals surface area contributed by atoms with Gasteiger partial charge in [0.1, 0.15) is 5.75 Å². The fraction of sp³-hybridized carbons (Fsp3) is 0.333. The molecule has 1 aliphatic rings. The van der Waals surface area contributed by atoms with Crippen molar-refractivity contribution in [2.45, 2.75) is 30.2 Å². The van der Waals surface area contributed by atoms with Crippen LogP contribution in [0.5, 0.6) is 5.75 Å². The van der Waals surface area contributed by atoms with Crippen LogP contribution < -0.4 is 9.64 Å². The molecule has 0 atom stereocenters. The maximum absolute atomic E-state index is 5.24. The minimum atomic E-state index is 0.842. The van der Waals surface area contributed by atoms with Crippen LogP contribution in [0.1, 0.15) is 24.8 Å². The average Bonchev–Trinajstić information content (AvgIpc) is 3.18. The summed E-state index contributed by atoms with van der Waals surface area (Å²) in [5.74, 6) is 2.68. The summed E-state index contributed by atoms with van der Waals surface area (Å²) in [4.78, 5) is 2.36. The molecule has 2 aromatic carbocycles. The third kappa shape index (κ3) is 4.11. The lowest BCUT2D eigenvalue weighted by Gasteiger charge is -2.27. The van der Waals surface area contributed by atoms with Crippen molar-refractivity contribution >= 4 is 17.7 Å². The molecule has 0 N–H and O–H groups in total. The Morgan fingerprint density at radius 2 is 1.67 bits per heavy atom. The van der Waals surface area contributed by atoms with Crippen LogP contribution in [0, 0.1) is 0 Å². The Labute approximate surface area is 164 Å². The fourth-order valence-electron chi connectivity index (χ4n) is 3.33. The van der Waals surface area contributed by atoms with Crippen molar-refractivity contribution in [1.29, 1.82) is 0 Å². The van der Waals surface area contributed by atoms with Gasteiger partial charge >= 0.3 is 0 Å². The first kappa shape index (κ1) is 17.9. The molecular formula is C21H24N4OS. The molecule has 0 amide bonds. The van der Waals surface area contributed by atoms with E-state index in [2.05, 4.69) is 56.1 Å². The minimum absolute atomic E-state index is 0.842. The standard InChI is InChI=1S/C21H24N4OS/c1-26-19-12-10-17(11-13-19)16-27-21-23-22-20(24-14-6-3-7-15-24)25(21)18-8-4-2-5-9-18/h2,4-5,8-13H,3,6-7,14-16H2,1H3. The second-order valence-corrected chi connectivity index (χ2v) is 7.58. The Balaban J connectivity index is 1.60. The number of nitrogens with zero attached hydrogens (tertiary/aromatic N) is 4. The van der Waals surface area contributed by atoms with E-state index >= 15 is 0 Å². The molecule has 5 nitrogen and oxygen atoms in total. The zero-order valence-electron chi connectivity index (χ0n) is 15.5. The SMILES string of the molecule is COc1ccc(CSc2nnc(N3CCCCC3)n2-c2ccccc2)cc1. The van der Waals surface area contributed by atoms with Gasteiger partial charge in [-0.15, -0.1) is 10.2 Å². The molecule has 0 spiro atoms. The Bertz CT molecular complexity index is 858. The third-order valence-electron chi connectivity index (χ3n) is 4.80. The van der Waals surface area contributed by atoms with E-state index < -0.39 is 0 Å². The molecule has 1 aromatic heterocycles. The van der Waals surface area contributed by atoms with Crippen LogP contribution in [-0.4, -0.2) is 35.0 Å². The Hall–Kier alpha value is -2.47. The Morgan fingerprint density at radius 1 is 0.926 bits per heavy atom. The lowest BCUT2D eigenvalue weighted by atomic mass is 10.1. The lowest BCUT2D eigenvalue weighted by Crippen LogP contribution is -2.31. The quantitative estimate of drug-likeness (QED) is 0.587. The van der Waals surface area contributed by atoms with E-state index in [9.17, 15) is 0 Å². The van der Waals surface area contributed by atoms with Crippen LogP contribution in [0.25, 0.3) is 5.69 Å². The molecule has 0 bridgehead atoms. The first-order chi connectivity index (χ1) is 13.3. The van der Waals surface area contributed by atoms with E-state index in [1.165, 1.54) is 24.8 Å². The van der Waals surface area contributed by atoms with Crippen molar-refractivity contribution in [3.05, 3.63) is 60.2 Å². The molecule has 6 heteroatoms. The topological polar surface area (TPSA) is 43.2 Å². The van der Waals surface area contributed by atoms with Crippen LogP contribution in [0.4, 0.5) is 5.95 Å². The van der Waals surface area contributed by atoms with E-state index in [1.54, 1.807) is 18.9 Å². The van der Waals surface area contributed by atoms with E-state index in [-0.39, 0.29) is 0 Å². The highest BCUT2D eigenvalue weighted by molar-refractivity contribution is 7.98. The number of aromatic nitrogens is 3. The number of piperidine rings is 1. The minimum Gasteiger partial charge on any atom is -0.497 e. The molecule has 0 unspecified atom stereocenters. The van der Waals surface area contributed by atoms with Gasteiger partial charge in [-0.3, -0.25) is 4.57 Å². The van der Waals surface area contributed by atoms with E-state index in [0.717, 1.165) is 41.4 Å². The molecule has 4 rings (SSSR count). The first-order valence-corrected chi connectivity index (χ1v) is 10.4. The van der Waals surface area contributed by atoms with Gasteiger partial charge in [-0.05, 0) is 49.1 Å². The van der Waals surface area contributed by atoms with Gasteiger partial charge in [0.05, 0.1) is 12.8 Å². The molecule has 0 saturated carbocycles. The summed E-state index contributed by atoms with van der Waals surface area (Å²) in [5, 5.41) is 10.0. The van der Waals surface area contributed by atoms with Gasteiger partial charge in [0.2, 0.25) is 5.95 Å². The number of thioether (sulfide) groups is 1. The molecule has 3 aromatic rings. The van der Waals surface area contributed by atoms with E-state index in [0.29, 0.717) is 0 Å². The Morgan fingerprint density at radius 3 is 2.37 bits per heavy atom. The molecule has 0 aliphatic carbocycles. The average molecular weight is 381 g/mol. The predicted octanol–water partition coefficient (Wildman–Crippen LogP) is 4.56. The molecule has 2 heterocycles. The zero-order valence-corrected chi connectivity index (χ0v) is 16.4. The highest BCUT2D eigenvalue weighted by atomic mass is 32.2. The highest BCUT2D eigenvalue weighted by Crippen LogP contribution is 2.30. The molecule has 140 valence electrons. The van der Waals surface area contributed by atoms with Gasteiger partial charge in [0.25, 0.3) is 0 Å². The van der Waals surface area contributed by atoms with Crippen LogP contribution >= 0.6 is 11.8 Å². The number of ether oxygens (including phenoxy) is 1. The maximum atomic E-state index is 5.24. The summed E-state index contributed by atoms with van der Waals surface area (Å²) in [6, 6.07) is 18.6. The summed E-state index contributed by atoms with van der Waals surface area (Å²) in [7, 11) is 1.69. The van der Waals surface area contributed by atoms with Crippen LogP contribution in [-0.2, 0) is 5.75 Å². The number of hydrogen-bond donors (Lipinski definition) is 0. The van der Waals surface area contributed by atoms with Crippen molar-refractivity contribution in [1.82, 2.24) is 14.8 Å². The number of hydrogen-bond acceptors (Lipinski definition) is 5. The smallest absolute Gasteiger partial charge is 0.232 e. The van der Waals surface area contributed by atoms with Crippen molar-refractivity contribution in [3.8, 4) is 11.4 Å². The molecule has 27 heavy (non-hydrogen) atoms. The van der Waals surface area contributed by atoms with Gasteiger partial charge in [-0.1, -0.05) is 42.1 Å². The molecule has 0 radical (unpaired) electrons. The van der Waals surface area contributed by atoms with Crippen LogP contribution in [0.3, 0.4) is 0 Å². The van der Waals surface area contributed by atoms with Gasteiger partial charge in [0.15, 0.2) is 5.16 Å². The second-order valence-electron chi connectivity index (χ2n) is 6.64. The van der Waals surface area contributed by atoms with Crippen LogP contribution in [0.2, 0.25) is 0 Å². The maximum Gasteiger partial charge on any atom is 0.232 e. The number of benzene rings is 2. The first-order valence-electron chi connectivity index (χ1n) is 9.36. The fourth-order valence-corrected chi connectivity index (χ4v) is 4.23. The zero-order chi connectivity index (χ0) is 18.5. The van der Waals surface area contributed by atoms with Crippen LogP contribution in [0.15, 0.2) is 59.8 Å². The second kappa shape index (κ2) is 8.48. The summed E-state index contributed by atoms with van der Waals surface area (Å²) in [6.45, 7) is 2.10. The van der Waals surface area contributed by atoms with Gasteiger partial charge in [0, 0.05) is 18.8 Å². The normalized spacial score (nSPS) is 14.3. The largest absolute Gasteiger partial charge is 0.497 e. The number of rotatable bonds is 6. The summed E-state index contributed by atoms with van der Waals surface area (Å²) >= 11 is 1.72. The number of anilines is 1. The van der Waals surface area contributed by atoms with E-state index in [1.807, 2.05) is 18.2 Å². The van der Waals surface area contributed by atoms with Crippen molar-refractivity contribution in [3.63, 3.8) is 0 Å². The summed E-state index contributed by atoms with van der Waals surface area (Å²) in [5.41, 5.74) is 2.35. The Kier molecular flexibility index (Phi) is 5.63. The summed E-state index contributed by atoms with van der Waals surface area (Å²) < 4.78 is 7.43. The highest BCUT2D eigenvalue weighted by Gasteiger charge is 2.21. The molecule has 1 saturated heterocycles. The van der Waals surface area contributed by atoms with Crippen molar-refractivity contribution < 1.29 is 4.74 Å². The number of methoxy groups -OCH3 is 1. The van der Waals surface area contributed by atoms with Gasteiger partial charge < -0.3 is 9.64 Å².